The highest BCUT2D eigenvalue weighted by molar-refractivity contribution is 6.06. The lowest BCUT2D eigenvalue weighted by Crippen LogP contribution is -2.35. The van der Waals surface area contributed by atoms with Crippen molar-refractivity contribution < 1.29 is 9.59 Å². The van der Waals surface area contributed by atoms with Gasteiger partial charge in [-0.05, 0) is 61.8 Å². The first-order chi connectivity index (χ1) is 16.4. The molecule has 0 spiro atoms. The first-order valence-corrected chi connectivity index (χ1v) is 12.6. The number of hydrogen-bond acceptors (Lipinski definition) is 4. The van der Waals surface area contributed by atoms with Gasteiger partial charge in [0.1, 0.15) is 0 Å². The van der Waals surface area contributed by atoms with Crippen LogP contribution in [0.5, 0.6) is 0 Å². The van der Waals surface area contributed by atoms with Crippen molar-refractivity contribution in [2.45, 2.75) is 52.9 Å². The van der Waals surface area contributed by atoms with Gasteiger partial charge in [-0.25, -0.2) is 0 Å². The van der Waals surface area contributed by atoms with E-state index in [2.05, 4.69) is 36.3 Å². The van der Waals surface area contributed by atoms with Gasteiger partial charge in [-0.1, -0.05) is 52.2 Å². The number of anilines is 2. The molecule has 0 radical (unpaired) electrons. The number of unbranched alkanes of at least 4 members (excludes halogenated alkanes) is 3. The van der Waals surface area contributed by atoms with Crippen LogP contribution in [0.3, 0.4) is 0 Å². The molecule has 0 heterocycles. The summed E-state index contributed by atoms with van der Waals surface area (Å²) in [6.45, 7) is 9.74. The van der Waals surface area contributed by atoms with E-state index in [0.717, 1.165) is 31.7 Å². The summed E-state index contributed by atoms with van der Waals surface area (Å²) in [4.78, 5) is 29.9. The Kier molecular flexibility index (Phi) is 11.6. The van der Waals surface area contributed by atoms with E-state index in [9.17, 15) is 9.59 Å². The van der Waals surface area contributed by atoms with Crippen LogP contribution in [0.15, 0.2) is 42.5 Å². The SMILES string of the molecule is CCCCCCc1ccc(C(=O)Nc2ccc(N(C)C)c(C(=O)NCCN(CC)CC)c2)cc1. The number of nitrogens with zero attached hydrogens (tertiary/aromatic N) is 2. The number of likely N-dealkylation sites (N-methyl/N-ethyl adjacent to an activating group) is 1. The van der Waals surface area contributed by atoms with Crippen LogP contribution in [0, 0.1) is 0 Å². The zero-order valence-electron chi connectivity index (χ0n) is 21.6. The van der Waals surface area contributed by atoms with E-state index in [4.69, 9.17) is 0 Å². The lowest BCUT2D eigenvalue weighted by molar-refractivity contribution is 0.0948. The number of amides is 2. The fourth-order valence-electron chi connectivity index (χ4n) is 3.93. The molecule has 6 nitrogen and oxygen atoms in total. The van der Waals surface area contributed by atoms with Crippen LogP contribution >= 0.6 is 0 Å². The molecule has 2 N–H and O–H groups in total. The Morgan fingerprint density at radius 1 is 0.853 bits per heavy atom. The number of hydrogen-bond donors (Lipinski definition) is 2. The molecule has 0 aliphatic carbocycles. The monoisotopic (exact) mass is 466 g/mol. The van der Waals surface area contributed by atoms with Gasteiger partial charge in [0, 0.05) is 44.1 Å². The minimum absolute atomic E-state index is 0.139. The van der Waals surface area contributed by atoms with Crippen molar-refractivity contribution in [1.29, 1.82) is 0 Å². The van der Waals surface area contributed by atoms with Crippen LogP contribution < -0.4 is 15.5 Å². The zero-order valence-corrected chi connectivity index (χ0v) is 21.6. The molecule has 2 aromatic rings. The molecule has 2 rings (SSSR count). The molecule has 2 amide bonds. The summed E-state index contributed by atoms with van der Waals surface area (Å²) in [6.07, 6.45) is 5.96. The van der Waals surface area contributed by atoms with Gasteiger partial charge in [-0.15, -0.1) is 0 Å². The van der Waals surface area contributed by atoms with Crippen LogP contribution in [0.1, 0.15) is 72.7 Å². The number of aryl methyl sites for hydroxylation is 1. The predicted molar refractivity (Wildman–Crippen MR) is 143 cm³/mol. The third-order valence-electron chi connectivity index (χ3n) is 6.12. The van der Waals surface area contributed by atoms with E-state index in [0.29, 0.717) is 23.4 Å². The van der Waals surface area contributed by atoms with Gasteiger partial charge in [-0.2, -0.15) is 0 Å². The summed E-state index contributed by atoms with van der Waals surface area (Å²) in [5.74, 6) is -0.317. The molecule has 0 aromatic heterocycles. The molecule has 34 heavy (non-hydrogen) atoms. The highest BCUT2D eigenvalue weighted by atomic mass is 16.2. The molecule has 0 aliphatic rings. The van der Waals surface area contributed by atoms with Gasteiger partial charge in [0.2, 0.25) is 0 Å². The quantitative estimate of drug-likeness (QED) is 0.376. The van der Waals surface area contributed by atoms with Crippen molar-refractivity contribution in [2.24, 2.45) is 0 Å². The topological polar surface area (TPSA) is 64.7 Å². The molecule has 2 aromatic carbocycles. The maximum absolute atomic E-state index is 12.9. The largest absolute Gasteiger partial charge is 0.377 e. The van der Waals surface area contributed by atoms with Crippen LogP contribution in [0.2, 0.25) is 0 Å². The fraction of sp³-hybridized carbons (Fsp3) is 0.500. The lowest BCUT2D eigenvalue weighted by atomic mass is 10.0. The standard InChI is InChI=1S/C28H42N4O2/c1-6-9-10-11-12-22-13-15-23(16-14-22)27(33)30-24-17-18-26(31(4)5)25(21-24)28(34)29-19-20-32(7-2)8-3/h13-18,21H,6-12,19-20H2,1-5H3,(H,29,34)(H,30,33). The van der Waals surface area contributed by atoms with Crippen LogP contribution in [-0.2, 0) is 6.42 Å². The van der Waals surface area contributed by atoms with Crippen molar-refractivity contribution in [1.82, 2.24) is 10.2 Å². The van der Waals surface area contributed by atoms with Gasteiger partial charge in [0.05, 0.1) is 5.56 Å². The van der Waals surface area contributed by atoms with E-state index in [1.165, 1.54) is 31.2 Å². The summed E-state index contributed by atoms with van der Waals surface area (Å²) in [6, 6.07) is 13.3. The Balaban J connectivity index is 2.05. The summed E-state index contributed by atoms with van der Waals surface area (Å²) in [7, 11) is 3.81. The summed E-state index contributed by atoms with van der Waals surface area (Å²) >= 11 is 0. The predicted octanol–water partition coefficient (Wildman–Crippen LogP) is 5.20. The smallest absolute Gasteiger partial charge is 0.255 e. The Bertz CT molecular complexity index is 905. The van der Waals surface area contributed by atoms with Crippen molar-refractivity contribution in [3.63, 3.8) is 0 Å². The number of nitrogens with one attached hydrogen (secondary N) is 2. The lowest BCUT2D eigenvalue weighted by Gasteiger charge is -2.20. The third-order valence-corrected chi connectivity index (χ3v) is 6.12. The Labute approximate surface area is 205 Å². The van der Waals surface area contributed by atoms with E-state index < -0.39 is 0 Å². The second-order valence-electron chi connectivity index (χ2n) is 8.87. The number of benzene rings is 2. The first kappa shape index (κ1) is 27.4. The molecule has 0 aliphatic heterocycles. The second kappa shape index (κ2) is 14.4. The number of carbonyl (C=O) groups excluding carboxylic acids is 2. The van der Waals surface area contributed by atoms with Crippen LogP contribution in [-0.4, -0.2) is 57.0 Å². The first-order valence-electron chi connectivity index (χ1n) is 12.6. The molecule has 0 fully saturated rings. The Hall–Kier alpha value is -2.86. The fourth-order valence-corrected chi connectivity index (χ4v) is 3.93. The average molecular weight is 467 g/mol. The Morgan fingerprint density at radius 2 is 1.56 bits per heavy atom. The molecule has 6 heteroatoms. The third kappa shape index (κ3) is 8.49. The summed E-state index contributed by atoms with van der Waals surface area (Å²) < 4.78 is 0. The number of carbonyl (C=O) groups is 2. The summed E-state index contributed by atoms with van der Waals surface area (Å²) in [5, 5.41) is 5.96. The molecule has 0 saturated heterocycles. The van der Waals surface area contributed by atoms with Crippen LogP contribution in [0.25, 0.3) is 0 Å². The van der Waals surface area contributed by atoms with Crippen molar-refractivity contribution in [3.05, 3.63) is 59.2 Å². The van der Waals surface area contributed by atoms with E-state index in [1.807, 2.05) is 55.4 Å². The minimum Gasteiger partial charge on any atom is -0.377 e. The molecule has 0 unspecified atom stereocenters. The molecule has 0 bridgehead atoms. The highest BCUT2D eigenvalue weighted by Gasteiger charge is 2.15. The summed E-state index contributed by atoms with van der Waals surface area (Å²) in [5.41, 5.74) is 3.83. The minimum atomic E-state index is -0.178. The highest BCUT2D eigenvalue weighted by Crippen LogP contribution is 2.23. The molecule has 186 valence electrons. The van der Waals surface area contributed by atoms with Gasteiger partial charge in [0.15, 0.2) is 0 Å². The normalized spacial score (nSPS) is 10.9. The zero-order chi connectivity index (χ0) is 24.9. The molecular formula is C28H42N4O2. The van der Waals surface area contributed by atoms with E-state index in [1.54, 1.807) is 6.07 Å². The Morgan fingerprint density at radius 3 is 2.18 bits per heavy atom. The van der Waals surface area contributed by atoms with Gasteiger partial charge in [-0.3, -0.25) is 9.59 Å². The maximum atomic E-state index is 12.9. The van der Waals surface area contributed by atoms with Crippen LogP contribution in [0.4, 0.5) is 11.4 Å². The van der Waals surface area contributed by atoms with Crippen molar-refractivity contribution in [2.75, 3.05) is 50.5 Å². The van der Waals surface area contributed by atoms with Gasteiger partial charge >= 0.3 is 0 Å². The molecule has 0 atom stereocenters. The average Bonchev–Trinajstić information content (AvgIpc) is 2.84. The molecule has 0 saturated carbocycles. The number of rotatable bonds is 14. The van der Waals surface area contributed by atoms with Gasteiger partial charge < -0.3 is 20.4 Å². The van der Waals surface area contributed by atoms with Crippen molar-refractivity contribution >= 4 is 23.2 Å². The molecular weight excluding hydrogens is 424 g/mol. The maximum Gasteiger partial charge on any atom is 0.255 e. The van der Waals surface area contributed by atoms with Crippen molar-refractivity contribution in [3.8, 4) is 0 Å². The van der Waals surface area contributed by atoms with E-state index in [-0.39, 0.29) is 11.8 Å². The second-order valence-corrected chi connectivity index (χ2v) is 8.87. The van der Waals surface area contributed by atoms with E-state index >= 15 is 0 Å². The van der Waals surface area contributed by atoms with Gasteiger partial charge in [0.25, 0.3) is 11.8 Å².